The monoisotopic (exact) mass is 836 g/mol. The number of hydrogen-bond acceptors (Lipinski definition) is 2. The first-order valence-electron chi connectivity index (χ1n) is 20.3. The van der Waals surface area contributed by atoms with Crippen LogP contribution in [0.2, 0.25) is 0 Å². The minimum absolute atomic E-state index is 0.00759. The van der Waals surface area contributed by atoms with E-state index in [2.05, 4.69) is 191 Å². The maximum Gasteiger partial charge on any atom is 0.136 e. The molecule has 0 radical (unpaired) electrons. The predicted octanol–water partition coefficient (Wildman–Crippen LogP) is 14.7. The third-order valence-electron chi connectivity index (χ3n) is 13.6. The van der Waals surface area contributed by atoms with Crippen molar-refractivity contribution in [2.24, 2.45) is 17.8 Å². The third-order valence-corrected chi connectivity index (χ3v) is 15.1. The molecule has 12 rings (SSSR count). The zero-order valence-corrected chi connectivity index (χ0v) is 33.5. The van der Waals surface area contributed by atoms with Gasteiger partial charge in [-0.05, 0) is 126 Å². The predicted molar refractivity (Wildman–Crippen MR) is 241 cm³/mol. The van der Waals surface area contributed by atoms with Gasteiger partial charge >= 0.3 is 0 Å². The molecule has 56 heavy (non-hydrogen) atoms. The van der Waals surface area contributed by atoms with Crippen LogP contribution in [0.5, 0.6) is 0 Å². The number of furan rings is 1. The average Bonchev–Trinajstić information content (AvgIpc) is 3.78. The minimum atomic E-state index is 0.00759. The molecule has 1 spiro atoms. The van der Waals surface area contributed by atoms with Crippen molar-refractivity contribution in [3.05, 3.63) is 169 Å². The minimum Gasteiger partial charge on any atom is -0.456 e. The number of fused-ring (bicyclic) bond motifs is 13. The van der Waals surface area contributed by atoms with Gasteiger partial charge in [-0.15, -0.1) is 0 Å². The maximum atomic E-state index is 6.29. The Morgan fingerprint density at radius 3 is 2.11 bits per heavy atom. The van der Waals surface area contributed by atoms with Gasteiger partial charge in [0.15, 0.2) is 0 Å². The van der Waals surface area contributed by atoms with E-state index in [1.54, 1.807) is 0 Å². The summed E-state index contributed by atoms with van der Waals surface area (Å²) in [6.45, 7) is 2.50. The molecule has 0 saturated heterocycles. The van der Waals surface area contributed by atoms with E-state index in [9.17, 15) is 0 Å². The maximum absolute atomic E-state index is 6.29. The highest BCUT2D eigenvalue weighted by molar-refractivity contribution is 14.1. The molecular weight excluding hydrogens is 795 g/mol. The van der Waals surface area contributed by atoms with E-state index in [-0.39, 0.29) is 5.41 Å². The molecule has 0 amide bonds. The van der Waals surface area contributed by atoms with Gasteiger partial charge in [0, 0.05) is 42.3 Å². The Hall–Kier alpha value is -5.33. The van der Waals surface area contributed by atoms with Crippen molar-refractivity contribution in [1.29, 1.82) is 0 Å². The molecule has 1 unspecified atom stereocenters. The molecule has 2 aromatic heterocycles. The van der Waals surface area contributed by atoms with Crippen molar-refractivity contribution in [1.82, 2.24) is 4.57 Å². The van der Waals surface area contributed by atoms with Crippen LogP contribution in [0.15, 0.2) is 162 Å². The molecule has 272 valence electrons. The Morgan fingerprint density at radius 2 is 1.27 bits per heavy atom. The highest BCUT2D eigenvalue weighted by Gasteiger charge is 2.57. The second kappa shape index (κ2) is 12.3. The summed E-state index contributed by atoms with van der Waals surface area (Å²) in [5, 5.41) is 4.83. The zero-order valence-electron chi connectivity index (χ0n) is 31.3. The Balaban J connectivity index is 1.04. The summed E-state index contributed by atoms with van der Waals surface area (Å²) in [5.74, 6) is 2.26. The zero-order chi connectivity index (χ0) is 37.1. The van der Waals surface area contributed by atoms with E-state index >= 15 is 0 Å². The molecule has 3 nitrogen and oxygen atoms in total. The van der Waals surface area contributed by atoms with E-state index in [0.717, 1.165) is 39.5 Å². The SMILES string of the molecule is C[C@@H]1CC2C[C@H](C1)C[C@@H](I)C21c2ccccc2N(c2ccc3c(c2)c2ccccc2n3-c2cccc(-c3cccc4oc5ccccc5c34)c2)c2ccccc21. The van der Waals surface area contributed by atoms with Crippen LogP contribution in [0.25, 0.3) is 60.6 Å². The molecule has 2 saturated carbocycles. The average molecular weight is 837 g/mol. The van der Waals surface area contributed by atoms with Crippen molar-refractivity contribution in [2.75, 3.05) is 4.90 Å². The van der Waals surface area contributed by atoms with Crippen molar-refractivity contribution in [2.45, 2.75) is 41.9 Å². The Kier molecular flexibility index (Phi) is 7.24. The van der Waals surface area contributed by atoms with Gasteiger partial charge in [-0.25, -0.2) is 0 Å². The second-order valence-corrected chi connectivity index (χ2v) is 18.2. The summed E-state index contributed by atoms with van der Waals surface area (Å²) in [6, 6.07) is 58.6. The number of hydrogen-bond donors (Lipinski definition) is 0. The van der Waals surface area contributed by atoms with Gasteiger partial charge in [0.05, 0.1) is 22.4 Å². The number of halogens is 1. The van der Waals surface area contributed by atoms with Crippen LogP contribution in [-0.2, 0) is 5.41 Å². The first-order valence-corrected chi connectivity index (χ1v) is 21.5. The van der Waals surface area contributed by atoms with Gasteiger partial charge in [0.1, 0.15) is 11.2 Å². The lowest BCUT2D eigenvalue weighted by atomic mass is 9.51. The molecule has 9 aromatic rings. The number of para-hydroxylation sites is 4. The lowest BCUT2D eigenvalue weighted by Gasteiger charge is -2.58. The lowest BCUT2D eigenvalue weighted by Crippen LogP contribution is -2.54. The second-order valence-electron chi connectivity index (χ2n) is 16.7. The number of anilines is 3. The molecule has 4 heteroatoms. The van der Waals surface area contributed by atoms with Crippen LogP contribution in [-0.4, -0.2) is 8.49 Å². The number of aromatic nitrogens is 1. The number of benzene rings is 7. The van der Waals surface area contributed by atoms with Gasteiger partial charge in [-0.1, -0.05) is 127 Å². The smallest absolute Gasteiger partial charge is 0.136 e. The summed E-state index contributed by atoms with van der Waals surface area (Å²) in [7, 11) is 0. The molecule has 7 aromatic carbocycles. The van der Waals surface area contributed by atoms with Gasteiger partial charge in [0.2, 0.25) is 0 Å². The van der Waals surface area contributed by atoms with Crippen LogP contribution in [0.4, 0.5) is 17.1 Å². The van der Waals surface area contributed by atoms with Crippen LogP contribution < -0.4 is 4.90 Å². The molecule has 2 aliphatic carbocycles. The largest absolute Gasteiger partial charge is 0.456 e. The first-order chi connectivity index (χ1) is 27.6. The number of alkyl halides is 1. The topological polar surface area (TPSA) is 21.3 Å². The van der Waals surface area contributed by atoms with Crippen molar-refractivity contribution in [3.63, 3.8) is 0 Å². The summed E-state index contributed by atoms with van der Waals surface area (Å²) >= 11 is 2.86. The van der Waals surface area contributed by atoms with E-state index < -0.39 is 0 Å². The first kappa shape index (κ1) is 32.9. The Labute approximate surface area is 340 Å². The summed E-state index contributed by atoms with van der Waals surface area (Å²) in [5.41, 5.74) is 14.7. The van der Waals surface area contributed by atoms with Gasteiger partial charge < -0.3 is 13.9 Å². The summed E-state index contributed by atoms with van der Waals surface area (Å²) in [4.78, 5) is 2.57. The molecule has 2 bridgehead atoms. The molecule has 0 N–H and O–H groups in total. The summed E-state index contributed by atoms with van der Waals surface area (Å²) in [6.07, 6.45) is 5.33. The van der Waals surface area contributed by atoms with E-state index in [1.807, 2.05) is 6.07 Å². The molecule has 4 atom stereocenters. The molecule has 3 heterocycles. The van der Waals surface area contributed by atoms with Gasteiger partial charge in [0.25, 0.3) is 0 Å². The summed E-state index contributed by atoms with van der Waals surface area (Å²) < 4.78 is 9.29. The number of rotatable bonds is 3. The highest BCUT2D eigenvalue weighted by Crippen LogP contribution is 2.64. The molecule has 1 aliphatic heterocycles. The standard InChI is InChI=1S/C52H41IN2O/c1-32-26-33-28-35(27-32)52(50(53)29-33)42-17-4-7-20-46(42)55(47-21-8-5-18-43(47)52)37-24-25-45-41(31-37)39-14-2-6-19-44(39)54(45)36-13-10-12-34(30-36)38-16-11-23-49-51(38)40-15-3-9-22-48(40)56-49/h2-25,30-33,35,50H,26-29H2,1H3/t32-,33-,35?,50+/m0/s1. The number of nitrogens with zero attached hydrogens (tertiary/aromatic N) is 2. The quantitative estimate of drug-likeness (QED) is 0.131. The van der Waals surface area contributed by atoms with E-state index in [0.29, 0.717) is 9.84 Å². The highest BCUT2D eigenvalue weighted by atomic mass is 127. The van der Waals surface area contributed by atoms with E-state index in [1.165, 1.54) is 86.8 Å². The van der Waals surface area contributed by atoms with Crippen molar-refractivity contribution >= 4 is 83.4 Å². The lowest BCUT2D eigenvalue weighted by molar-refractivity contribution is 0.0930. The molecular formula is C52H41IN2O. The third kappa shape index (κ3) is 4.56. The van der Waals surface area contributed by atoms with Crippen LogP contribution in [0.1, 0.15) is 43.7 Å². The molecule has 2 fully saturated rings. The fourth-order valence-electron chi connectivity index (χ4n) is 11.6. The molecule has 3 aliphatic rings. The van der Waals surface area contributed by atoms with Crippen LogP contribution >= 0.6 is 22.6 Å². The van der Waals surface area contributed by atoms with Gasteiger partial charge in [-0.2, -0.15) is 0 Å². The van der Waals surface area contributed by atoms with Crippen LogP contribution in [0, 0.1) is 17.8 Å². The van der Waals surface area contributed by atoms with Crippen LogP contribution in [0.3, 0.4) is 0 Å². The fraction of sp³-hybridized carbons (Fsp3) is 0.192. The fourth-order valence-corrected chi connectivity index (χ4v) is 13.5. The Bertz CT molecular complexity index is 2970. The van der Waals surface area contributed by atoms with Crippen molar-refractivity contribution in [3.8, 4) is 16.8 Å². The Morgan fingerprint density at radius 1 is 0.571 bits per heavy atom. The van der Waals surface area contributed by atoms with E-state index in [4.69, 9.17) is 4.42 Å². The van der Waals surface area contributed by atoms with Crippen molar-refractivity contribution < 1.29 is 4.42 Å². The van der Waals surface area contributed by atoms with Gasteiger partial charge in [-0.3, -0.25) is 0 Å². The normalized spacial score (nSPS) is 21.2.